The monoisotopic (exact) mass is 300 g/mol. The number of ether oxygens (including phenoxy) is 1. The zero-order chi connectivity index (χ0) is 15.4. The minimum atomic E-state index is -0.0132. The molecule has 22 heavy (non-hydrogen) atoms. The fraction of sp³-hybridized carbons (Fsp3) is 0.438. The van der Waals surface area contributed by atoms with Crippen LogP contribution in [0, 0.1) is 0 Å². The Morgan fingerprint density at radius 3 is 3.14 bits per heavy atom. The van der Waals surface area contributed by atoms with Crippen LogP contribution in [0.2, 0.25) is 0 Å². The number of H-pyrrole nitrogens is 1. The molecule has 0 bridgehead atoms. The van der Waals surface area contributed by atoms with Gasteiger partial charge in [0.2, 0.25) is 5.88 Å². The molecule has 6 heteroatoms. The van der Waals surface area contributed by atoms with Crippen LogP contribution in [0.15, 0.2) is 30.6 Å². The highest BCUT2D eigenvalue weighted by atomic mass is 16.5. The van der Waals surface area contributed by atoms with Gasteiger partial charge in [-0.05, 0) is 38.0 Å². The van der Waals surface area contributed by atoms with E-state index in [2.05, 4.69) is 15.2 Å². The minimum absolute atomic E-state index is 0.0132. The molecular formula is C16H20N4O2. The molecule has 1 fully saturated rings. The Bertz CT molecular complexity index is 627. The number of rotatable bonds is 4. The Kier molecular flexibility index (Phi) is 4.37. The molecule has 0 aromatic carbocycles. The SMILES string of the molecule is CCOc1ncccc1C(=O)N1CCC[C@@H](c2ccn[nH]2)C1. The van der Waals surface area contributed by atoms with Crippen molar-refractivity contribution in [1.82, 2.24) is 20.1 Å². The summed E-state index contributed by atoms with van der Waals surface area (Å²) in [5, 5.41) is 7.02. The van der Waals surface area contributed by atoms with Crippen LogP contribution >= 0.6 is 0 Å². The highest BCUT2D eigenvalue weighted by Crippen LogP contribution is 2.27. The number of piperidine rings is 1. The van der Waals surface area contributed by atoms with Gasteiger partial charge in [0.05, 0.1) is 6.61 Å². The van der Waals surface area contributed by atoms with E-state index < -0.39 is 0 Å². The molecule has 116 valence electrons. The molecule has 1 amide bonds. The molecule has 1 aliphatic heterocycles. The van der Waals surface area contributed by atoms with E-state index in [1.165, 1.54) is 0 Å². The van der Waals surface area contributed by atoms with E-state index >= 15 is 0 Å². The molecule has 6 nitrogen and oxygen atoms in total. The van der Waals surface area contributed by atoms with Crippen molar-refractivity contribution >= 4 is 5.91 Å². The van der Waals surface area contributed by atoms with Crippen LogP contribution in [-0.2, 0) is 0 Å². The maximum Gasteiger partial charge on any atom is 0.259 e. The van der Waals surface area contributed by atoms with Gasteiger partial charge in [-0.3, -0.25) is 9.89 Å². The summed E-state index contributed by atoms with van der Waals surface area (Å²) in [6, 6.07) is 5.53. The van der Waals surface area contributed by atoms with Crippen molar-refractivity contribution in [2.75, 3.05) is 19.7 Å². The quantitative estimate of drug-likeness (QED) is 0.940. The number of aromatic nitrogens is 3. The number of hydrogen-bond acceptors (Lipinski definition) is 4. The summed E-state index contributed by atoms with van der Waals surface area (Å²) in [4.78, 5) is 18.8. The van der Waals surface area contributed by atoms with Gasteiger partial charge in [0.15, 0.2) is 0 Å². The molecule has 3 heterocycles. The predicted molar refractivity (Wildman–Crippen MR) is 81.9 cm³/mol. The molecule has 1 aliphatic rings. The fourth-order valence-electron chi connectivity index (χ4n) is 2.89. The Hall–Kier alpha value is -2.37. The molecule has 1 saturated heterocycles. The van der Waals surface area contributed by atoms with E-state index in [0.717, 1.165) is 25.1 Å². The van der Waals surface area contributed by atoms with Gasteiger partial charge >= 0.3 is 0 Å². The number of hydrogen-bond donors (Lipinski definition) is 1. The Morgan fingerprint density at radius 1 is 1.45 bits per heavy atom. The molecule has 0 unspecified atom stereocenters. The van der Waals surface area contributed by atoms with Crippen molar-refractivity contribution < 1.29 is 9.53 Å². The maximum absolute atomic E-state index is 12.8. The van der Waals surface area contributed by atoms with Crippen LogP contribution < -0.4 is 4.74 Å². The average molecular weight is 300 g/mol. The van der Waals surface area contributed by atoms with Crippen LogP contribution in [0.1, 0.15) is 41.7 Å². The molecule has 0 aliphatic carbocycles. The third-order valence-corrected chi connectivity index (χ3v) is 3.95. The lowest BCUT2D eigenvalue weighted by atomic mass is 9.94. The third-order valence-electron chi connectivity index (χ3n) is 3.95. The van der Waals surface area contributed by atoms with Crippen molar-refractivity contribution in [3.8, 4) is 5.88 Å². The van der Waals surface area contributed by atoms with Gasteiger partial charge in [0, 0.05) is 37.1 Å². The second-order valence-electron chi connectivity index (χ2n) is 5.39. The van der Waals surface area contributed by atoms with Crippen LogP contribution in [-0.4, -0.2) is 45.7 Å². The van der Waals surface area contributed by atoms with Gasteiger partial charge in [-0.2, -0.15) is 5.10 Å². The van der Waals surface area contributed by atoms with Gasteiger partial charge in [0.1, 0.15) is 5.56 Å². The number of likely N-dealkylation sites (tertiary alicyclic amines) is 1. The van der Waals surface area contributed by atoms with Crippen molar-refractivity contribution in [3.63, 3.8) is 0 Å². The molecule has 0 radical (unpaired) electrons. The maximum atomic E-state index is 12.8. The van der Waals surface area contributed by atoms with E-state index in [1.807, 2.05) is 17.9 Å². The first-order valence-corrected chi connectivity index (χ1v) is 7.66. The predicted octanol–water partition coefficient (Wildman–Crippen LogP) is 2.22. The molecule has 0 spiro atoms. The summed E-state index contributed by atoms with van der Waals surface area (Å²) in [6.45, 7) is 3.84. The lowest BCUT2D eigenvalue weighted by molar-refractivity contribution is 0.0700. The number of carbonyl (C=O) groups excluding carboxylic acids is 1. The lowest BCUT2D eigenvalue weighted by Crippen LogP contribution is -2.39. The highest BCUT2D eigenvalue weighted by molar-refractivity contribution is 5.96. The average Bonchev–Trinajstić information content (AvgIpc) is 3.10. The summed E-state index contributed by atoms with van der Waals surface area (Å²) in [7, 11) is 0. The fourth-order valence-corrected chi connectivity index (χ4v) is 2.89. The van der Waals surface area contributed by atoms with Crippen LogP contribution in [0.4, 0.5) is 0 Å². The summed E-state index contributed by atoms with van der Waals surface area (Å²) < 4.78 is 5.47. The van der Waals surface area contributed by atoms with E-state index in [-0.39, 0.29) is 5.91 Å². The van der Waals surface area contributed by atoms with Gasteiger partial charge in [-0.15, -0.1) is 0 Å². The number of aromatic amines is 1. The summed E-state index contributed by atoms with van der Waals surface area (Å²) in [6.07, 6.45) is 5.45. The second kappa shape index (κ2) is 6.60. The Labute approximate surface area is 129 Å². The molecule has 2 aromatic rings. The van der Waals surface area contributed by atoms with Crippen molar-refractivity contribution in [2.45, 2.75) is 25.7 Å². The largest absolute Gasteiger partial charge is 0.477 e. The van der Waals surface area contributed by atoms with Gasteiger partial charge in [-0.1, -0.05) is 0 Å². The lowest BCUT2D eigenvalue weighted by Gasteiger charge is -2.32. The standard InChI is InChI=1S/C16H20N4O2/c1-2-22-15-13(6-3-8-17-15)16(21)20-10-4-5-12(11-20)14-7-9-18-19-14/h3,6-9,12H,2,4-5,10-11H2,1H3,(H,18,19)/t12-/m1/s1. The topological polar surface area (TPSA) is 71.1 Å². The van der Waals surface area contributed by atoms with E-state index in [1.54, 1.807) is 24.5 Å². The summed E-state index contributed by atoms with van der Waals surface area (Å²) in [5.74, 6) is 0.715. The second-order valence-corrected chi connectivity index (χ2v) is 5.39. The molecule has 0 saturated carbocycles. The number of amides is 1. The zero-order valence-corrected chi connectivity index (χ0v) is 12.7. The third kappa shape index (κ3) is 2.95. The molecule has 2 aromatic heterocycles. The smallest absolute Gasteiger partial charge is 0.259 e. The normalized spacial score (nSPS) is 18.2. The number of pyridine rings is 1. The first-order chi connectivity index (χ1) is 10.8. The molecular weight excluding hydrogens is 280 g/mol. The zero-order valence-electron chi connectivity index (χ0n) is 12.7. The van der Waals surface area contributed by atoms with E-state index in [9.17, 15) is 4.79 Å². The van der Waals surface area contributed by atoms with E-state index in [0.29, 0.717) is 30.5 Å². The minimum Gasteiger partial charge on any atom is -0.477 e. The van der Waals surface area contributed by atoms with Gasteiger partial charge in [-0.25, -0.2) is 4.98 Å². The van der Waals surface area contributed by atoms with Gasteiger partial charge < -0.3 is 9.64 Å². The Balaban J connectivity index is 1.77. The van der Waals surface area contributed by atoms with Crippen LogP contribution in [0.25, 0.3) is 0 Å². The van der Waals surface area contributed by atoms with E-state index in [4.69, 9.17) is 4.74 Å². The highest BCUT2D eigenvalue weighted by Gasteiger charge is 2.27. The summed E-state index contributed by atoms with van der Waals surface area (Å²) in [5.41, 5.74) is 1.63. The first kappa shape index (κ1) is 14.6. The van der Waals surface area contributed by atoms with Crippen LogP contribution in [0.5, 0.6) is 5.88 Å². The molecule has 1 N–H and O–H groups in total. The number of nitrogens with zero attached hydrogens (tertiary/aromatic N) is 3. The van der Waals surface area contributed by atoms with Crippen LogP contribution in [0.3, 0.4) is 0 Å². The summed E-state index contributed by atoms with van der Waals surface area (Å²) >= 11 is 0. The first-order valence-electron chi connectivity index (χ1n) is 7.66. The van der Waals surface area contributed by atoms with Gasteiger partial charge in [0.25, 0.3) is 5.91 Å². The van der Waals surface area contributed by atoms with Crippen molar-refractivity contribution in [3.05, 3.63) is 41.9 Å². The molecule has 3 rings (SSSR count). The van der Waals surface area contributed by atoms with Crippen molar-refractivity contribution in [1.29, 1.82) is 0 Å². The van der Waals surface area contributed by atoms with Crippen molar-refractivity contribution in [2.24, 2.45) is 0 Å². The number of carbonyl (C=O) groups is 1. The molecule has 1 atom stereocenters. The number of nitrogens with one attached hydrogen (secondary N) is 1. The Morgan fingerprint density at radius 2 is 2.36 bits per heavy atom.